The quantitative estimate of drug-likeness (QED) is 0.556. The van der Waals surface area contributed by atoms with Gasteiger partial charge in [-0.25, -0.2) is 9.48 Å². The lowest BCUT2D eigenvalue weighted by molar-refractivity contribution is -0.131. The molecule has 1 amide bonds. The number of benzene rings is 2. The maximum absolute atomic E-state index is 12.7. The lowest BCUT2D eigenvalue weighted by atomic mass is 9.95. The number of carboxylic acids is 1. The fourth-order valence-electron chi connectivity index (χ4n) is 3.59. The average molecular weight is 454 g/mol. The molecule has 0 radical (unpaired) electrons. The molecule has 148 valence electrons. The second-order valence-electron chi connectivity index (χ2n) is 7.21. The molecule has 3 aromatic rings. The number of amides is 1. The van der Waals surface area contributed by atoms with E-state index in [1.807, 2.05) is 36.4 Å². The van der Waals surface area contributed by atoms with E-state index in [4.69, 9.17) is 5.10 Å². The fraction of sp³-hybridized carbons (Fsp3) is 0.227. The Hall–Kier alpha value is -2.93. The summed E-state index contributed by atoms with van der Waals surface area (Å²) < 4.78 is 2.58. The number of rotatable bonds is 5. The largest absolute Gasteiger partial charge is 0.478 e. The predicted octanol–water partition coefficient (Wildman–Crippen LogP) is 4.51. The minimum atomic E-state index is -0.976. The van der Waals surface area contributed by atoms with Gasteiger partial charge in [-0.05, 0) is 78.8 Å². The smallest absolute Gasteiger partial charge is 0.328 e. The number of nitrogens with zero attached hydrogens (tertiary/aromatic N) is 2. The van der Waals surface area contributed by atoms with Crippen molar-refractivity contribution in [3.8, 4) is 5.69 Å². The Bertz CT molecular complexity index is 1160. The Morgan fingerprint density at radius 3 is 2.52 bits per heavy atom. The number of halogens is 1. The molecule has 0 atom stereocenters. The van der Waals surface area contributed by atoms with Crippen molar-refractivity contribution in [2.75, 3.05) is 7.05 Å². The van der Waals surface area contributed by atoms with Crippen LogP contribution in [-0.2, 0) is 4.79 Å². The SMILES string of the molecule is CNC(=O)c1c2cc(C3CC3)c(C(C)=CC(=O)O)cc2nn1-c1ccc(Br)cc1. The van der Waals surface area contributed by atoms with Crippen LogP contribution < -0.4 is 5.32 Å². The van der Waals surface area contributed by atoms with Crippen molar-refractivity contribution in [1.82, 2.24) is 15.1 Å². The van der Waals surface area contributed by atoms with Crippen molar-refractivity contribution < 1.29 is 14.7 Å². The fourth-order valence-corrected chi connectivity index (χ4v) is 3.86. The summed E-state index contributed by atoms with van der Waals surface area (Å²) in [4.78, 5) is 23.9. The molecule has 0 spiro atoms. The van der Waals surface area contributed by atoms with Crippen LogP contribution in [0.2, 0.25) is 0 Å². The minimum absolute atomic E-state index is 0.220. The van der Waals surface area contributed by atoms with Gasteiger partial charge >= 0.3 is 5.97 Å². The number of nitrogens with one attached hydrogen (secondary N) is 1. The van der Waals surface area contributed by atoms with Crippen LogP contribution in [0.1, 0.15) is 47.3 Å². The first kappa shape index (κ1) is 19.4. The second kappa shape index (κ2) is 7.48. The molecule has 0 aliphatic heterocycles. The number of carbonyl (C=O) groups is 2. The van der Waals surface area contributed by atoms with Crippen molar-refractivity contribution in [3.05, 3.63) is 63.8 Å². The summed E-state index contributed by atoms with van der Waals surface area (Å²) in [6.45, 7) is 1.80. The molecule has 1 heterocycles. The average Bonchev–Trinajstić information content (AvgIpc) is 3.47. The zero-order valence-electron chi connectivity index (χ0n) is 16.1. The van der Waals surface area contributed by atoms with Crippen LogP contribution in [0.25, 0.3) is 22.2 Å². The zero-order chi connectivity index (χ0) is 20.7. The molecule has 4 rings (SSSR count). The molecule has 2 N–H and O–H groups in total. The van der Waals surface area contributed by atoms with Gasteiger partial charge in [-0.2, -0.15) is 5.10 Å². The van der Waals surface area contributed by atoms with E-state index in [1.54, 1.807) is 18.7 Å². The van der Waals surface area contributed by atoms with Crippen molar-refractivity contribution in [1.29, 1.82) is 0 Å². The van der Waals surface area contributed by atoms with Gasteiger partial charge in [0.15, 0.2) is 0 Å². The van der Waals surface area contributed by atoms with Gasteiger partial charge in [-0.15, -0.1) is 0 Å². The lowest BCUT2D eigenvalue weighted by Gasteiger charge is -2.10. The summed E-state index contributed by atoms with van der Waals surface area (Å²) in [5.74, 6) is -0.807. The second-order valence-corrected chi connectivity index (χ2v) is 8.13. The molecular formula is C22H20BrN3O3. The Balaban J connectivity index is 1.99. The van der Waals surface area contributed by atoms with E-state index in [0.717, 1.165) is 39.5 Å². The van der Waals surface area contributed by atoms with E-state index < -0.39 is 5.97 Å². The highest BCUT2D eigenvalue weighted by atomic mass is 79.9. The Morgan fingerprint density at radius 2 is 1.93 bits per heavy atom. The number of hydrogen-bond acceptors (Lipinski definition) is 3. The molecule has 7 heteroatoms. The van der Waals surface area contributed by atoms with Crippen LogP contribution in [0.3, 0.4) is 0 Å². The molecule has 0 saturated heterocycles. The molecule has 1 aliphatic carbocycles. The molecule has 6 nitrogen and oxygen atoms in total. The minimum Gasteiger partial charge on any atom is -0.478 e. The number of hydrogen-bond donors (Lipinski definition) is 2. The predicted molar refractivity (Wildman–Crippen MR) is 115 cm³/mol. The summed E-state index contributed by atoms with van der Waals surface area (Å²) >= 11 is 3.43. The van der Waals surface area contributed by atoms with Crippen molar-refractivity contribution >= 4 is 44.3 Å². The van der Waals surface area contributed by atoms with Gasteiger partial charge in [0, 0.05) is 23.0 Å². The summed E-state index contributed by atoms with van der Waals surface area (Å²) in [5, 5.41) is 17.3. The monoisotopic (exact) mass is 453 g/mol. The number of carboxylic acid groups (broad SMARTS) is 1. The Morgan fingerprint density at radius 1 is 1.24 bits per heavy atom. The van der Waals surface area contributed by atoms with Crippen LogP contribution in [0.4, 0.5) is 0 Å². The number of fused-ring (bicyclic) bond motifs is 1. The summed E-state index contributed by atoms with van der Waals surface area (Å²) in [6, 6.07) is 11.5. The van der Waals surface area contributed by atoms with Crippen molar-refractivity contribution in [2.45, 2.75) is 25.7 Å². The molecule has 1 aliphatic rings. The first-order chi connectivity index (χ1) is 13.9. The number of carbonyl (C=O) groups excluding carboxylic acids is 1. The van der Waals surface area contributed by atoms with Gasteiger partial charge in [-0.3, -0.25) is 4.79 Å². The van der Waals surface area contributed by atoms with Gasteiger partial charge in [0.25, 0.3) is 5.91 Å². The molecule has 2 aromatic carbocycles. The van der Waals surface area contributed by atoms with Crippen LogP contribution in [-0.4, -0.2) is 33.8 Å². The third-order valence-corrected chi connectivity index (χ3v) is 5.67. The van der Waals surface area contributed by atoms with Gasteiger partial charge < -0.3 is 10.4 Å². The first-order valence-corrected chi connectivity index (χ1v) is 10.1. The highest BCUT2D eigenvalue weighted by molar-refractivity contribution is 9.10. The molecule has 0 bridgehead atoms. The molecule has 1 saturated carbocycles. The van der Waals surface area contributed by atoms with Crippen LogP contribution >= 0.6 is 15.9 Å². The molecule has 29 heavy (non-hydrogen) atoms. The lowest BCUT2D eigenvalue weighted by Crippen LogP contribution is -2.21. The van der Waals surface area contributed by atoms with Crippen LogP contribution in [0, 0.1) is 0 Å². The number of aromatic nitrogens is 2. The maximum Gasteiger partial charge on any atom is 0.328 e. The zero-order valence-corrected chi connectivity index (χ0v) is 17.7. The number of allylic oxidation sites excluding steroid dienone is 1. The van der Waals surface area contributed by atoms with Gasteiger partial charge in [0.2, 0.25) is 0 Å². The van der Waals surface area contributed by atoms with Crippen LogP contribution in [0.5, 0.6) is 0 Å². The van der Waals surface area contributed by atoms with E-state index in [1.165, 1.54) is 6.08 Å². The van der Waals surface area contributed by atoms with Crippen LogP contribution in [0.15, 0.2) is 46.9 Å². The van der Waals surface area contributed by atoms with Gasteiger partial charge in [0.1, 0.15) is 5.69 Å². The first-order valence-electron chi connectivity index (χ1n) is 9.35. The molecule has 1 aromatic heterocycles. The molecular weight excluding hydrogens is 434 g/mol. The normalized spacial score (nSPS) is 14.2. The molecule has 1 fully saturated rings. The summed E-state index contributed by atoms with van der Waals surface area (Å²) in [7, 11) is 1.60. The van der Waals surface area contributed by atoms with Crippen molar-refractivity contribution in [2.24, 2.45) is 0 Å². The van der Waals surface area contributed by atoms with Gasteiger partial charge in [0.05, 0.1) is 11.2 Å². The van der Waals surface area contributed by atoms with E-state index in [0.29, 0.717) is 22.7 Å². The standard InChI is InChI=1S/C22H20BrN3O3/c1-12(9-20(27)28)16-11-19-18(10-17(16)13-3-4-13)21(22(29)24-2)26(25-19)15-7-5-14(23)6-8-15/h5-11,13H,3-4H2,1-2H3,(H,24,29)(H,27,28). The summed E-state index contributed by atoms with van der Waals surface area (Å²) in [5.41, 5.74) is 4.54. The third kappa shape index (κ3) is 3.70. The third-order valence-electron chi connectivity index (χ3n) is 5.14. The van der Waals surface area contributed by atoms with Gasteiger partial charge in [-0.1, -0.05) is 15.9 Å². The Kier molecular flexibility index (Phi) is 5.00. The van der Waals surface area contributed by atoms with E-state index >= 15 is 0 Å². The summed E-state index contributed by atoms with van der Waals surface area (Å²) in [6.07, 6.45) is 3.35. The molecule has 0 unspecified atom stereocenters. The maximum atomic E-state index is 12.7. The highest BCUT2D eigenvalue weighted by Crippen LogP contribution is 2.45. The van der Waals surface area contributed by atoms with E-state index in [2.05, 4.69) is 21.2 Å². The van der Waals surface area contributed by atoms with Crippen molar-refractivity contribution in [3.63, 3.8) is 0 Å². The van der Waals surface area contributed by atoms with E-state index in [-0.39, 0.29) is 5.91 Å². The Labute approximate surface area is 176 Å². The van der Waals surface area contributed by atoms with E-state index in [9.17, 15) is 14.7 Å². The number of aliphatic carboxylic acids is 1. The highest BCUT2D eigenvalue weighted by Gasteiger charge is 2.29. The topological polar surface area (TPSA) is 84.2 Å².